The molecule has 8 heteroatoms. The number of pyridine rings is 1. The molecule has 1 fully saturated rings. The molecule has 0 bridgehead atoms. The summed E-state index contributed by atoms with van der Waals surface area (Å²) >= 11 is 0. The first kappa shape index (κ1) is 25.9. The largest absolute Gasteiger partial charge is 0.379 e. The van der Waals surface area contributed by atoms with E-state index in [1.807, 2.05) is 36.4 Å². The minimum absolute atomic E-state index is 0.277. The molecule has 1 unspecified atom stereocenters. The van der Waals surface area contributed by atoms with Crippen LogP contribution in [0.25, 0.3) is 33.9 Å². The zero-order valence-corrected chi connectivity index (χ0v) is 21.4. The first-order chi connectivity index (χ1) is 17.6. The fraction of sp³-hybridized carbons (Fsp3) is 0.286. The van der Waals surface area contributed by atoms with Crippen molar-refractivity contribution in [3.63, 3.8) is 0 Å². The van der Waals surface area contributed by atoms with Crippen molar-refractivity contribution in [3.8, 4) is 33.9 Å². The maximum atomic E-state index is 13.5. The van der Waals surface area contributed by atoms with E-state index in [0.29, 0.717) is 0 Å². The summed E-state index contributed by atoms with van der Waals surface area (Å²) < 4.78 is 32.5. The van der Waals surface area contributed by atoms with Crippen molar-refractivity contribution in [2.24, 2.45) is 0 Å². The molecule has 2 aromatic carbocycles. The number of hydrogen-bond donors (Lipinski definition) is 1. The van der Waals surface area contributed by atoms with Gasteiger partial charge in [0.15, 0.2) is 0 Å². The van der Waals surface area contributed by atoms with Gasteiger partial charge in [0.05, 0.1) is 24.6 Å². The monoisotopic (exact) mass is 506 g/mol. The third kappa shape index (κ3) is 6.32. The number of rotatable bonds is 6. The highest BCUT2D eigenvalue weighted by molar-refractivity contribution is 7.84. The molecule has 0 spiro atoms. The number of morpholine rings is 1. The van der Waals surface area contributed by atoms with Crippen molar-refractivity contribution in [1.29, 1.82) is 0 Å². The molecule has 1 N–H and O–H groups in total. The van der Waals surface area contributed by atoms with Crippen LogP contribution in [-0.4, -0.2) is 51.3 Å². The fourth-order valence-corrected chi connectivity index (χ4v) is 4.56. The van der Waals surface area contributed by atoms with Crippen molar-refractivity contribution in [3.05, 3.63) is 78.9 Å². The Labute approximate surface area is 214 Å². The molecule has 1 saturated heterocycles. The van der Waals surface area contributed by atoms with Crippen molar-refractivity contribution < 1.29 is 13.3 Å². The molecule has 3 heterocycles. The summed E-state index contributed by atoms with van der Waals surface area (Å²) in [6.45, 7) is 6.74. The lowest BCUT2D eigenvalue weighted by molar-refractivity contribution is 0.109. The Balaban J connectivity index is 0.000000445. The second-order valence-corrected chi connectivity index (χ2v) is 9.75. The van der Waals surface area contributed by atoms with E-state index >= 15 is 0 Å². The standard InChI is InChI=1S/C24H22FN3OS.C4H9NO/c1-3-16-28-23(18-12-14-26-15-13-18)22(17-4-8-20(25)9-5-17)27-24(28)19-6-10-21(11-7-19)30(2)29;1-3-6-4-2-5-1/h4-15H,3,16H2,1-2H3;5H,1-4H2. The van der Waals surface area contributed by atoms with Crippen molar-refractivity contribution >= 4 is 10.8 Å². The van der Waals surface area contributed by atoms with Crippen LogP contribution in [0.5, 0.6) is 0 Å². The zero-order chi connectivity index (χ0) is 25.3. The smallest absolute Gasteiger partial charge is 0.141 e. The lowest BCUT2D eigenvalue weighted by atomic mass is 10.1. The molecule has 0 amide bonds. The van der Waals surface area contributed by atoms with Crippen LogP contribution in [0.1, 0.15) is 13.3 Å². The van der Waals surface area contributed by atoms with Crippen molar-refractivity contribution in [2.75, 3.05) is 32.6 Å². The Morgan fingerprint density at radius 1 is 0.944 bits per heavy atom. The lowest BCUT2D eigenvalue weighted by Crippen LogP contribution is -2.30. The van der Waals surface area contributed by atoms with Gasteiger partial charge in [-0.05, 0) is 55.0 Å². The van der Waals surface area contributed by atoms with Crippen molar-refractivity contribution in [1.82, 2.24) is 19.9 Å². The molecular weight excluding hydrogens is 475 g/mol. The van der Waals surface area contributed by atoms with E-state index in [1.165, 1.54) is 12.1 Å². The van der Waals surface area contributed by atoms with Gasteiger partial charge < -0.3 is 14.6 Å². The Hall–Kier alpha value is -3.20. The minimum Gasteiger partial charge on any atom is -0.379 e. The summed E-state index contributed by atoms with van der Waals surface area (Å²) in [6, 6.07) is 18.0. The second-order valence-electron chi connectivity index (χ2n) is 8.37. The van der Waals surface area contributed by atoms with Gasteiger partial charge in [0.2, 0.25) is 0 Å². The Kier molecular flexibility index (Phi) is 9.11. The van der Waals surface area contributed by atoms with E-state index < -0.39 is 10.8 Å². The average Bonchev–Trinajstić information content (AvgIpc) is 3.30. The predicted octanol–water partition coefficient (Wildman–Crippen LogP) is 5.17. The molecule has 4 aromatic rings. The number of nitrogens with one attached hydrogen (secondary N) is 1. The summed E-state index contributed by atoms with van der Waals surface area (Å²) in [5.41, 5.74) is 4.58. The normalized spacial score (nSPS) is 14.1. The number of nitrogens with zero attached hydrogens (tertiary/aromatic N) is 3. The maximum absolute atomic E-state index is 13.5. The molecule has 36 heavy (non-hydrogen) atoms. The molecule has 0 radical (unpaired) electrons. The number of hydrogen-bond acceptors (Lipinski definition) is 5. The van der Waals surface area contributed by atoms with Gasteiger partial charge in [-0.1, -0.05) is 19.1 Å². The van der Waals surface area contributed by atoms with E-state index in [1.54, 1.807) is 30.8 Å². The fourth-order valence-electron chi connectivity index (χ4n) is 4.04. The predicted molar refractivity (Wildman–Crippen MR) is 143 cm³/mol. The molecule has 0 aliphatic carbocycles. The molecule has 5 rings (SSSR count). The Morgan fingerprint density at radius 2 is 1.58 bits per heavy atom. The lowest BCUT2D eigenvalue weighted by Gasteiger charge is -2.12. The van der Waals surface area contributed by atoms with Gasteiger partial charge in [-0.2, -0.15) is 0 Å². The Morgan fingerprint density at radius 3 is 2.11 bits per heavy atom. The van der Waals surface area contributed by atoms with E-state index in [2.05, 4.69) is 21.8 Å². The highest BCUT2D eigenvalue weighted by Gasteiger charge is 2.21. The summed E-state index contributed by atoms with van der Waals surface area (Å²) in [5, 5.41) is 3.16. The number of ether oxygens (including phenoxy) is 1. The van der Waals surface area contributed by atoms with Gasteiger partial charge in [0.25, 0.3) is 0 Å². The molecular formula is C28H31FN4O2S. The SMILES string of the molecule is C1COCCN1.CCCn1c(-c2ccc(S(C)=O)cc2)nc(-c2ccc(F)cc2)c1-c1ccncc1. The molecule has 1 atom stereocenters. The first-order valence-electron chi connectivity index (χ1n) is 12.1. The molecule has 0 saturated carbocycles. The highest BCUT2D eigenvalue weighted by Crippen LogP contribution is 2.36. The number of halogens is 1. The van der Waals surface area contributed by atoms with Gasteiger partial charge in [0.1, 0.15) is 11.6 Å². The van der Waals surface area contributed by atoms with Gasteiger partial charge in [-0.3, -0.25) is 9.19 Å². The molecule has 1 aliphatic heterocycles. The highest BCUT2D eigenvalue weighted by atomic mass is 32.2. The van der Waals surface area contributed by atoms with Crippen LogP contribution in [-0.2, 0) is 22.1 Å². The van der Waals surface area contributed by atoms with Crippen LogP contribution in [0.3, 0.4) is 0 Å². The van der Waals surface area contributed by atoms with Crippen LogP contribution >= 0.6 is 0 Å². The van der Waals surface area contributed by atoms with Crippen molar-refractivity contribution in [2.45, 2.75) is 24.8 Å². The summed E-state index contributed by atoms with van der Waals surface area (Å²) in [5.74, 6) is 0.553. The number of aromatic nitrogens is 3. The zero-order valence-electron chi connectivity index (χ0n) is 20.6. The summed E-state index contributed by atoms with van der Waals surface area (Å²) in [4.78, 5) is 9.92. The van der Waals surface area contributed by atoms with E-state index in [9.17, 15) is 8.60 Å². The van der Waals surface area contributed by atoms with Crippen LogP contribution in [0, 0.1) is 5.82 Å². The third-order valence-corrected chi connectivity index (χ3v) is 6.71. The summed E-state index contributed by atoms with van der Waals surface area (Å²) in [6.07, 6.45) is 6.12. The average molecular weight is 507 g/mol. The first-order valence-corrected chi connectivity index (χ1v) is 13.6. The summed E-state index contributed by atoms with van der Waals surface area (Å²) in [7, 11) is -1.03. The van der Waals surface area contributed by atoms with Gasteiger partial charge >= 0.3 is 0 Å². The van der Waals surface area contributed by atoms with Gasteiger partial charge in [-0.25, -0.2) is 9.37 Å². The third-order valence-electron chi connectivity index (χ3n) is 5.78. The van der Waals surface area contributed by atoms with Gasteiger partial charge in [-0.15, -0.1) is 0 Å². The maximum Gasteiger partial charge on any atom is 0.141 e. The van der Waals surface area contributed by atoms with Crippen LogP contribution in [0.4, 0.5) is 4.39 Å². The van der Waals surface area contributed by atoms with Crippen LogP contribution in [0.2, 0.25) is 0 Å². The van der Waals surface area contributed by atoms with E-state index in [0.717, 1.165) is 78.1 Å². The number of imidazole rings is 1. The Bertz CT molecular complexity index is 1260. The molecule has 1 aliphatic rings. The van der Waals surface area contributed by atoms with E-state index in [4.69, 9.17) is 9.72 Å². The van der Waals surface area contributed by atoms with Crippen LogP contribution < -0.4 is 5.32 Å². The minimum atomic E-state index is -1.03. The molecule has 6 nitrogen and oxygen atoms in total. The quantitative estimate of drug-likeness (QED) is 0.391. The van der Waals surface area contributed by atoms with Crippen LogP contribution in [0.15, 0.2) is 78.0 Å². The molecule has 2 aromatic heterocycles. The van der Waals surface area contributed by atoms with E-state index in [-0.39, 0.29) is 5.82 Å². The van der Waals surface area contributed by atoms with Gasteiger partial charge in [0, 0.05) is 70.7 Å². The number of benzene rings is 2. The topological polar surface area (TPSA) is 69.0 Å². The second kappa shape index (κ2) is 12.7. The molecule has 188 valence electrons.